The van der Waals surface area contributed by atoms with Gasteiger partial charge in [0, 0.05) is 24.7 Å². The van der Waals surface area contributed by atoms with E-state index in [0.29, 0.717) is 5.56 Å². The van der Waals surface area contributed by atoms with E-state index in [1.807, 2.05) is 0 Å². The number of carbonyl (C=O) groups excluding carboxylic acids is 1. The highest BCUT2D eigenvalue weighted by molar-refractivity contribution is 5.75. The van der Waals surface area contributed by atoms with Crippen LogP contribution < -0.4 is 5.73 Å². The van der Waals surface area contributed by atoms with E-state index in [9.17, 15) is 18.0 Å². The summed E-state index contributed by atoms with van der Waals surface area (Å²) in [6.45, 7) is 0. The number of nitrogens with zero attached hydrogens (tertiary/aromatic N) is 1. The summed E-state index contributed by atoms with van der Waals surface area (Å²) in [5.41, 5.74) is 3.69. The number of primary amides is 1. The third-order valence-electron chi connectivity index (χ3n) is 3.51. The molecule has 1 heterocycles. The van der Waals surface area contributed by atoms with E-state index in [0.717, 1.165) is 0 Å². The van der Waals surface area contributed by atoms with Crippen molar-refractivity contribution < 1.29 is 18.0 Å². The van der Waals surface area contributed by atoms with Crippen LogP contribution in [0.2, 0.25) is 0 Å². The molecule has 1 aliphatic carbocycles. The van der Waals surface area contributed by atoms with E-state index >= 15 is 0 Å². The van der Waals surface area contributed by atoms with Gasteiger partial charge in [-0.05, 0) is 24.5 Å². The highest BCUT2D eigenvalue weighted by Gasteiger charge is 2.67. The number of carbonyl (C=O) groups is 1. The summed E-state index contributed by atoms with van der Waals surface area (Å²) in [6, 6.07) is 3.13. The Bertz CT molecular complexity index is 440. The van der Waals surface area contributed by atoms with E-state index in [4.69, 9.17) is 5.73 Å². The molecule has 1 saturated carbocycles. The molecule has 0 spiro atoms. The van der Waals surface area contributed by atoms with Crippen LogP contribution in [0.3, 0.4) is 0 Å². The lowest BCUT2D eigenvalue weighted by Gasteiger charge is -2.28. The largest absolute Gasteiger partial charge is 0.395 e. The Morgan fingerprint density at radius 1 is 1.50 bits per heavy atom. The third kappa shape index (κ3) is 2.19. The molecule has 1 aromatic heterocycles. The summed E-state index contributed by atoms with van der Waals surface area (Å²) in [5, 5.41) is 0. The van der Waals surface area contributed by atoms with E-state index in [2.05, 4.69) is 4.98 Å². The molecule has 1 atom stereocenters. The second-order valence-corrected chi connectivity index (χ2v) is 4.66. The van der Waals surface area contributed by atoms with Gasteiger partial charge in [-0.2, -0.15) is 13.2 Å². The first-order valence-corrected chi connectivity index (χ1v) is 5.62. The average molecular weight is 258 g/mol. The summed E-state index contributed by atoms with van der Waals surface area (Å²) >= 11 is 0. The van der Waals surface area contributed by atoms with Gasteiger partial charge < -0.3 is 5.73 Å². The lowest BCUT2D eigenvalue weighted by molar-refractivity contribution is -0.194. The summed E-state index contributed by atoms with van der Waals surface area (Å²) < 4.78 is 39.3. The maximum atomic E-state index is 13.1. The molecule has 0 aromatic carbocycles. The smallest absolute Gasteiger partial charge is 0.370 e. The molecule has 1 amide bonds. The highest BCUT2D eigenvalue weighted by Crippen LogP contribution is 2.65. The molecule has 98 valence electrons. The molecule has 1 aliphatic rings. The Hall–Kier alpha value is -1.59. The van der Waals surface area contributed by atoms with Crippen LogP contribution in [0.1, 0.15) is 30.7 Å². The molecular formula is C12H13F3N2O. The monoisotopic (exact) mass is 258 g/mol. The maximum Gasteiger partial charge on any atom is 0.395 e. The number of nitrogens with two attached hydrogens (primary N) is 1. The summed E-state index contributed by atoms with van der Waals surface area (Å²) in [7, 11) is 0. The quantitative estimate of drug-likeness (QED) is 0.901. The van der Waals surface area contributed by atoms with Gasteiger partial charge in [-0.25, -0.2) is 0 Å². The topological polar surface area (TPSA) is 56.0 Å². The molecule has 2 rings (SSSR count). The molecule has 1 aromatic rings. The second-order valence-electron chi connectivity index (χ2n) is 4.66. The van der Waals surface area contributed by atoms with Crippen LogP contribution in [-0.2, 0) is 4.79 Å². The van der Waals surface area contributed by atoms with E-state index < -0.39 is 23.4 Å². The number of hydrogen-bond acceptors (Lipinski definition) is 2. The number of halogens is 3. The molecule has 6 heteroatoms. The Morgan fingerprint density at radius 3 is 2.56 bits per heavy atom. The van der Waals surface area contributed by atoms with Crippen LogP contribution in [0.25, 0.3) is 0 Å². The minimum Gasteiger partial charge on any atom is -0.370 e. The van der Waals surface area contributed by atoms with Crippen molar-refractivity contribution in [1.29, 1.82) is 0 Å². The fourth-order valence-corrected chi connectivity index (χ4v) is 2.38. The number of amides is 1. The molecule has 2 N–H and O–H groups in total. The number of alkyl halides is 3. The summed E-state index contributed by atoms with van der Waals surface area (Å²) in [6.07, 6.45) is -1.67. The average Bonchev–Trinajstić information content (AvgIpc) is 3.07. The van der Waals surface area contributed by atoms with Crippen molar-refractivity contribution in [1.82, 2.24) is 4.98 Å². The van der Waals surface area contributed by atoms with E-state index in [-0.39, 0.29) is 19.3 Å². The molecule has 18 heavy (non-hydrogen) atoms. The first-order chi connectivity index (χ1) is 8.37. The molecule has 0 radical (unpaired) electrons. The van der Waals surface area contributed by atoms with Crippen LogP contribution in [0.15, 0.2) is 24.5 Å². The third-order valence-corrected chi connectivity index (χ3v) is 3.51. The van der Waals surface area contributed by atoms with Gasteiger partial charge in [-0.3, -0.25) is 9.78 Å². The van der Waals surface area contributed by atoms with Gasteiger partial charge in [0.25, 0.3) is 0 Å². The fraction of sp³-hybridized carbons (Fsp3) is 0.500. The van der Waals surface area contributed by atoms with Crippen molar-refractivity contribution in [3.8, 4) is 0 Å². The normalized spacial score (nSPS) is 19.3. The molecular weight excluding hydrogens is 245 g/mol. The van der Waals surface area contributed by atoms with Gasteiger partial charge in [0.1, 0.15) is 0 Å². The van der Waals surface area contributed by atoms with Crippen molar-refractivity contribution in [2.75, 3.05) is 0 Å². The zero-order valence-electron chi connectivity index (χ0n) is 9.57. The molecule has 0 aliphatic heterocycles. The molecule has 0 saturated heterocycles. The minimum absolute atomic E-state index is 0.0450. The lowest BCUT2D eigenvalue weighted by Crippen LogP contribution is -2.33. The SMILES string of the molecule is NC(=O)C[C@H](c1cccnc1)C1(C(F)(F)F)CC1. The van der Waals surface area contributed by atoms with Gasteiger partial charge in [-0.15, -0.1) is 0 Å². The maximum absolute atomic E-state index is 13.1. The zero-order chi connectivity index (χ0) is 13.4. The number of aromatic nitrogens is 1. The van der Waals surface area contributed by atoms with Crippen molar-refractivity contribution in [2.45, 2.75) is 31.4 Å². The van der Waals surface area contributed by atoms with Crippen molar-refractivity contribution in [3.63, 3.8) is 0 Å². The van der Waals surface area contributed by atoms with Crippen LogP contribution in [0, 0.1) is 5.41 Å². The first kappa shape index (κ1) is 12.9. The van der Waals surface area contributed by atoms with Gasteiger partial charge in [0.15, 0.2) is 0 Å². The fourth-order valence-electron chi connectivity index (χ4n) is 2.38. The van der Waals surface area contributed by atoms with Crippen molar-refractivity contribution in [2.24, 2.45) is 11.1 Å². The van der Waals surface area contributed by atoms with Crippen LogP contribution in [-0.4, -0.2) is 17.1 Å². The molecule has 0 unspecified atom stereocenters. The minimum atomic E-state index is -4.32. The number of rotatable bonds is 4. The van der Waals surface area contributed by atoms with Crippen LogP contribution in [0.5, 0.6) is 0 Å². The van der Waals surface area contributed by atoms with Gasteiger partial charge in [-0.1, -0.05) is 6.07 Å². The number of pyridine rings is 1. The second kappa shape index (κ2) is 4.26. The Kier molecular flexibility index (Phi) is 3.04. The van der Waals surface area contributed by atoms with Crippen LogP contribution in [0.4, 0.5) is 13.2 Å². The predicted molar refractivity (Wildman–Crippen MR) is 58.5 cm³/mol. The summed E-state index contributed by atoms with van der Waals surface area (Å²) in [4.78, 5) is 14.8. The molecule has 0 bridgehead atoms. The molecule has 3 nitrogen and oxygen atoms in total. The molecule has 1 fully saturated rings. The van der Waals surface area contributed by atoms with E-state index in [1.165, 1.54) is 12.4 Å². The highest BCUT2D eigenvalue weighted by atomic mass is 19.4. The van der Waals surface area contributed by atoms with Crippen molar-refractivity contribution in [3.05, 3.63) is 30.1 Å². The Morgan fingerprint density at radius 2 is 2.17 bits per heavy atom. The first-order valence-electron chi connectivity index (χ1n) is 5.62. The van der Waals surface area contributed by atoms with Crippen molar-refractivity contribution >= 4 is 5.91 Å². The van der Waals surface area contributed by atoms with E-state index in [1.54, 1.807) is 12.1 Å². The zero-order valence-corrected chi connectivity index (χ0v) is 9.57. The summed E-state index contributed by atoms with van der Waals surface area (Å²) in [5.74, 6) is -1.65. The van der Waals surface area contributed by atoms with Crippen LogP contribution >= 0.6 is 0 Å². The Balaban J connectivity index is 2.36. The van der Waals surface area contributed by atoms with Gasteiger partial charge >= 0.3 is 6.18 Å². The van der Waals surface area contributed by atoms with Gasteiger partial charge in [0.05, 0.1) is 5.41 Å². The predicted octanol–water partition coefficient (Wildman–Crippen LogP) is 2.38. The number of hydrogen-bond donors (Lipinski definition) is 1. The Labute approximate surface area is 102 Å². The standard InChI is InChI=1S/C12H13F3N2O/c13-12(14,15)11(3-4-11)9(6-10(16)18)8-2-1-5-17-7-8/h1-2,5,7,9H,3-4,6H2,(H2,16,18)/t9-/m1/s1. The lowest BCUT2D eigenvalue weighted by atomic mass is 9.80. The van der Waals surface area contributed by atoms with Gasteiger partial charge in [0.2, 0.25) is 5.91 Å².